The molecule has 0 heterocycles. The second kappa shape index (κ2) is 11.1. The van der Waals surface area contributed by atoms with Gasteiger partial charge in [-0.1, -0.05) is 63.3 Å². The molecule has 0 aliphatic heterocycles. The van der Waals surface area contributed by atoms with Gasteiger partial charge in [0, 0.05) is 0 Å². The second-order valence-electron chi connectivity index (χ2n) is 7.38. The third-order valence-corrected chi connectivity index (χ3v) is 5.04. The van der Waals surface area contributed by atoms with Crippen LogP contribution in [0.2, 0.25) is 0 Å². The third kappa shape index (κ3) is 6.54. The van der Waals surface area contributed by atoms with Crippen molar-refractivity contribution in [3.63, 3.8) is 0 Å². The van der Waals surface area contributed by atoms with Crippen LogP contribution in [0.3, 0.4) is 0 Å². The zero-order valence-corrected chi connectivity index (χ0v) is 17.2. The first-order valence-electron chi connectivity index (χ1n) is 10.6. The van der Waals surface area contributed by atoms with E-state index in [9.17, 15) is 0 Å². The molecule has 0 amide bonds. The van der Waals surface area contributed by atoms with Crippen molar-refractivity contribution in [3.8, 4) is 17.6 Å². The number of hydrogen-bond donors (Lipinski definition) is 0. The zero-order chi connectivity index (χ0) is 20.3. The van der Waals surface area contributed by atoms with Crippen molar-refractivity contribution in [2.24, 2.45) is 0 Å². The van der Waals surface area contributed by atoms with Gasteiger partial charge in [0.15, 0.2) is 0 Å². The Labute approximate surface area is 173 Å². The molecule has 0 saturated carbocycles. The van der Waals surface area contributed by atoms with Crippen LogP contribution in [0.5, 0.6) is 11.5 Å². The SMILES string of the molecule is CCCCCCCCOc1ccc(COc2ccc3cc(C#N)ccc3c2)cc1. The Morgan fingerprint density at radius 1 is 0.724 bits per heavy atom. The Balaban J connectivity index is 1.44. The first-order valence-corrected chi connectivity index (χ1v) is 10.6. The molecule has 0 fully saturated rings. The zero-order valence-electron chi connectivity index (χ0n) is 17.2. The lowest BCUT2D eigenvalue weighted by Gasteiger charge is -2.09. The fraction of sp³-hybridized carbons (Fsp3) is 0.346. The van der Waals surface area contributed by atoms with E-state index in [-0.39, 0.29) is 0 Å². The van der Waals surface area contributed by atoms with Crippen molar-refractivity contribution >= 4 is 10.8 Å². The predicted octanol–water partition coefficient (Wildman–Crippen LogP) is 7.03. The second-order valence-corrected chi connectivity index (χ2v) is 7.38. The Bertz CT molecular complexity index is 941. The van der Waals surface area contributed by atoms with Crippen molar-refractivity contribution < 1.29 is 9.47 Å². The standard InChI is InChI=1S/C26H29NO2/c1-2-3-4-5-6-7-16-28-25-13-9-21(10-14-25)20-29-26-15-12-23-17-22(19-27)8-11-24(23)18-26/h8-15,17-18H,2-7,16,20H2,1H3. The molecule has 0 aliphatic carbocycles. The Kier molecular flexibility index (Phi) is 7.95. The molecule has 3 heteroatoms. The highest BCUT2D eigenvalue weighted by atomic mass is 16.5. The molecule has 3 aromatic rings. The maximum absolute atomic E-state index is 9.00. The van der Waals surface area contributed by atoms with Crippen LogP contribution in [0.4, 0.5) is 0 Å². The molecule has 0 bridgehead atoms. The van der Waals surface area contributed by atoms with E-state index in [2.05, 4.69) is 25.1 Å². The van der Waals surface area contributed by atoms with E-state index in [1.807, 2.05) is 48.5 Å². The van der Waals surface area contributed by atoms with Gasteiger partial charge in [0.2, 0.25) is 0 Å². The Morgan fingerprint density at radius 2 is 1.41 bits per heavy atom. The normalized spacial score (nSPS) is 10.6. The molecule has 3 nitrogen and oxygen atoms in total. The lowest BCUT2D eigenvalue weighted by molar-refractivity contribution is 0.300. The highest BCUT2D eigenvalue weighted by Crippen LogP contribution is 2.23. The molecule has 0 unspecified atom stereocenters. The summed E-state index contributed by atoms with van der Waals surface area (Å²) in [7, 11) is 0. The summed E-state index contributed by atoms with van der Waals surface area (Å²) in [6, 6.07) is 21.9. The van der Waals surface area contributed by atoms with Crippen LogP contribution < -0.4 is 9.47 Å². The molecule has 0 N–H and O–H groups in total. The first kappa shape index (κ1) is 20.7. The minimum atomic E-state index is 0.513. The summed E-state index contributed by atoms with van der Waals surface area (Å²) >= 11 is 0. The Morgan fingerprint density at radius 3 is 2.21 bits per heavy atom. The molecule has 0 spiro atoms. The van der Waals surface area contributed by atoms with Gasteiger partial charge >= 0.3 is 0 Å². The van der Waals surface area contributed by atoms with Crippen LogP contribution in [-0.4, -0.2) is 6.61 Å². The van der Waals surface area contributed by atoms with Gasteiger partial charge < -0.3 is 9.47 Å². The smallest absolute Gasteiger partial charge is 0.120 e. The van der Waals surface area contributed by atoms with Gasteiger partial charge in [-0.2, -0.15) is 5.26 Å². The lowest BCUT2D eigenvalue weighted by atomic mass is 10.1. The van der Waals surface area contributed by atoms with Crippen LogP contribution in [0.1, 0.15) is 56.6 Å². The molecule has 3 rings (SSSR count). The summed E-state index contributed by atoms with van der Waals surface area (Å²) < 4.78 is 11.8. The van der Waals surface area contributed by atoms with E-state index < -0.39 is 0 Å². The monoisotopic (exact) mass is 387 g/mol. The van der Waals surface area contributed by atoms with Gasteiger partial charge in [0.1, 0.15) is 18.1 Å². The third-order valence-electron chi connectivity index (χ3n) is 5.04. The van der Waals surface area contributed by atoms with Crippen molar-refractivity contribution in [3.05, 3.63) is 71.8 Å². The number of hydrogen-bond acceptors (Lipinski definition) is 3. The molecule has 0 atom stereocenters. The summed E-state index contributed by atoms with van der Waals surface area (Å²) in [5.74, 6) is 1.74. The summed E-state index contributed by atoms with van der Waals surface area (Å²) in [4.78, 5) is 0. The quantitative estimate of drug-likeness (QED) is 0.332. The highest BCUT2D eigenvalue weighted by Gasteiger charge is 2.01. The van der Waals surface area contributed by atoms with E-state index >= 15 is 0 Å². The largest absolute Gasteiger partial charge is 0.494 e. The van der Waals surface area contributed by atoms with Gasteiger partial charge in [-0.05, 0) is 59.2 Å². The van der Waals surface area contributed by atoms with Crippen molar-refractivity contribution in [1.29, 1.82) is 5.26 Å². The minimum Gasteiger partial charge on any atom is -0.494 e. The van der Waals surface area contributed by atoms with Crippen LogP contribution in [0, 0.1) is 11.3 Å². The van der Waals surface area contributed by atoms with Gasteiger partial charge in [-0.15, -0.1) is 0 Å². The number of unbranched alkanes of at least 4 members (excludes halogenated alkanes) is 5. The average Bonchev–Trinajstić information content (AvgIpc) is 2.77. The number of nitrogens with zero attached hydrogens (tertiary/aromatic N) is 1. The summed E-state index contributed by atoms with van der Waals surface area (Å²) in [6.45, 7) is 3.54. The average molecular weight is 388 g/mol. The van der Waals surface area contributed by atoms with Gasteiger partial charge in [-0.3, -0.25) is 0 Å². The molecule has 0 radical (unpaired) electrons. The first-order chi connectivity index (χ1) is 14.3. The maximum Gasteiger partial charge on any atom is 0.120 e. The fourth-order valence-corrected chi connectivity index (χ4v) is 3.30. The molecular weight excluding hydrogens is 358 g/mol. The van der Waals surface area contributed by atoms with Crippen molar-refractivity contribution in [2.45, 2.75) is 52.1 Å². The number of benzene rings is 3. The number of nitriles is 1. The molecule has 0 aromatic heterocycles. The minimum absolute atomic E-state index is 0.513. The summed E-state index contributed by atoms with van der Waals surface area (Å²) in [5, 5.41) is 11.1. The van der Waals surface area contributed by atoms with Gasteiger partial charge in [0.05, 0.1) is 18.2 Å². The summed E-state index contributed by atoms with van der Waals surface area (Å²) in [6.07, 6.45) is 7.63. The number of fused-ring (bicyclic) bond motifs is 1. The van der Waals surface area contributed by atoms with E-state index in [0.717, 1.165) is 40.9 Å². The highest BCUT2D eigenvalue weighted by molar-refractivity contribution is 5.85. The van der Waals surface area contributed by atoms with Crippen LogP contribution >= 0.6 is 0 Å². The number of ether oxygens (including phenoxy) is 2. The van der Waals surface area contributed by atoms with Crippen LogP contribution in [0.25, 0.3) is 10.8 Å². The fourth-order valence-electron chi connectivity index (χ4n) is 3.30. The maximum atomic E-state index is 9.00. The molecule has 0 saturated heterocycles. The van der Waals surface area contributed by atoms with E-state index in [1.54, 1.807) is 0 Å². The van der Waals surface area contributed by atoms with Crippen LogP contribution in [-0.2, 0) is 6.61 Å². The van der Waals surface area contributed by atoms with Gasteiger partial charge in [-0.25, -0.2) is 0 Å². The van der Waals surface area contributed by atoms with Crippen molar-refractivity contribution in [2.75, 3.05) is 6.61 Å². The molecule has 3 aromatic carbocycles. The van der Waals surface area contributed by atoms with Crippen LogP contribution in [0.15, 0.2) is 60.7 Å². The van der Waals surface area contributed by atoms with E-state index in [0.29, 0.717) is 12.2 Å². The van der Waals surface area contributed by atoms with E-state index in [4.69, 9.17) is 14.7 Å². The van der Waals surface area contributed by atoms with E-state index in [1.165, 1.54) is 32.1 Å². The number of rotatable bonds is 11. The Hall–Kier alpha value is -2.99. The topological polar surface area (TPSA) is 42.2 Å². The molecule has 150 valence electrons. The molecule has 0 aliphatic rings. The summed E-state index contributed by atoms with van der Waals surface area (Å²) in [5.41, 5.74) is 1.78. The lowest BCUT2D eigenvalue weighted by Crippen LogP contribution is -1.99. The predicted molar refractivity (Wildman–Crippen MR) is 118 cm³/mol. The molecule has 29 heavy (non-hydrogen) atoms. The van der Waals surface area contributed by atoms with Crippen molar-refractivity contribution in [1.82, 2.24) is 0 Å². The molecular formula is C26H29NO2. The van der Waals surface area contributed by atoms with Gasteiger partial charge in [0.25, 0.3) is 0 Å².